The van der Waals surface area contributed by atoms with E-state index in [4.69, 9.17) is 0 Å². The van der Waals surface area contributed by atoms with E-state index in [1.807, 2.05) is 32.9 Å². The van der Waals surface area contributed by atoms with Gasteiger partial charge in [-0.1, -0.05) is 29.8 Å². The normalized spacial score (nSPS) is 11.3. The van der Waals surface area contributed by atoms with Gasteiger partial charge >= 0.3 is 6.18 Å². The van der Waals surface area contributed by atoms with Gasteiger partial charge in [-0.3, -0.25) is 4.79 Å². The number of aryl methyl sites for hydroxylation is 3. The summed E-state index contributed by atoms with van der Waals surface area (Å²) in [6, 6.07) is 9.03. The molecule has 2 rings (SSSR count). The highest BCUT2D eigenvalue weighted by Gasteiger charge is 2.33. The van der Waals surface area contributed by atoms with Gasteiger partial charge in [0.15, 0.2) is 0 Å². The molecule has 134 valence electrons. The standard InChI is InChI=1S/C19H21F3N2O/c1-12-10-13(2)18(14(3)11-12)23-9-8-17(25)24-16-7-5-4-6-15(16)19(20,21)22/h4-7,10-11,23H,8-9H2,1-3H3,(H,24,25). The molecule has 0 aliphatic carbocycles. The Hall–Kier alpha value is -2.50. The van der Waals surface area contributed by atoms with Gasteiger partial charge in [0.2, 0.25) is 5.91 Å². The van der Waals surface area contributed by atoms with Crippen LogP contribution in [0.15, 0.2) is 36.4 Å². The highest BCUT2D eigenvalue weighted by molar-refractivity contribution is 5.91. The zero-order chi connectivity index (χ0) is 18.6. The van der Waals surface area contributed by atoms with Crippen LogP contribution in [0.5, 0.6) is 0 Å². The van der Waals surface area contributed by atoms with Crippen molar-refractivity contribution >= 4 is 17.3 Å². The number of benzene rings is 2. The minimum absolute atomic E-state index is 0.0684. The maximum atomic E-state index is 12.9. The van der Waals surface area contributed by atoms with E-state index in [0.29, 0.717) is 6.54 Å². The van der Waals surface area contributed by atoms with Crippen LogP contribution >= 0.6 is 0 Å². The highest BCUT2D eigenvalue weighted by Crippen LogP contribution is 2.34. The third-order valence-electron chi connectivity index (χ3n) is 3.84. The predicted molar refractivity (Wildman–Crippen MR) is 93.8 cm³/mol. The van der Waals surface area contributed by atoms with Crippen molar-refractivity contribution in [1.82, 2.24) is 0 Å². The van der Waals surface area contributed by atoms with E-state index in [9.17, 15) is 18.0 Å². The second kappa shape index (κ2) is 7.59. The van der Waals surface area contributed by atoms with E-state index < -0.39 is 17.6 Å². The van der Waals surface area contributed by atoms with Crippen LogP contribution in [-0.2, 0) is 11.0 Å². The first-order valence-corrected chi connectivity index (χ1v) is 7.96. The van der Waals surface area contributed by atoms with Crippen molar-refractivity contribution in [2.24, 2.45) is 0 Å². The van der Waals surface area contributed by atoms with Crippen molar-refractivity contribution in [1.29, 1.82) is 0 Å². The number of rotatable bonds is 5. The molecule has 0 heterocycles. The lowest BCUT2D eigenvalue weighted by molar-refractivity contribution is -0.137. The Morgan fingerprint density at radius 3 is 2.24 bits per heavy atom. The van der Waals surface area contributed by atoms with Crippen LogP contribution in [-0.4, -0.2) is 12.5 Å². The van der Waals surface area contributed by atoms with Crippen molar-refractivity contribution in [3.63, 3.8) is 0 Å². The number of amides is 1. The van der Waals surface area contributed by atoms with Gasteiger partial charge in [-0.25, -0.2) is 0 Å². The maximum absolute atomic E-state index is 12.9. The molecule has 0 spiro atoms. The highest BCUT2D eigenvalue weighted by atomic mass is 19.4. The summed E-state index contributed by atoms with van der Waals surface area (Å²) in [6.45, 7) is 6.30. The second-order valence-corrected chi connectivity index (χ2v) is 6.04. The van der Waals surface area contributed by atoms with Gasteiger partial charge in [0.1, 0.15) is 0 Å². The summed E-state index contributed by atoms with van der Waals surface area (Å²) >= 11 is 0. The Morgan fingerprint density at radius 2 is 1.64 bits per heavy atom. The second-order valence-electron chi connectivity index (χ2n) is 6.04. The number of carbonyl (C=O) groups is 1. The molecule has 6 heteroatoms. The molecule has 2 aromatic rings. The SMILES string of the molecule is Cc1cc(C)c(NCCC(=O)Nc2ccccc2C(F)(F)F)c(C)c1. The molecule has 0 aromatic heterocycles. The van der Waals surface area contributed by atoms with Gasteiger partial charge in [0.05, 0.1) is 11.3 Å². The Kier molecular flexibility index (Phi) is 5.72. The first kappa shape index (κ1) is 18.8. The van der Waals surface area contributed by atoms with Crippen LogP contribution in [0.25, 0.3) is 0 Å². The van der Waals surface area contributed by atoms with Gasteiger partial charge in [-0.15, -0.1) is 0 Å². The van der Waals surface area contributed by atoms with Crippen molar-refractivity contribution in [3.8, 4) is 0 Å². The molecule has 2 aromatic carbocycles. The van der Waals surface area contributed by atoms with Crippen molar-refractivity contribution < 1.29 is 18.0 Å². The van der Waals surface area contributed by atoms with E-state index in [1.54, 1.807) is 0 Å². The minimum atomic E-state index is -4.50. The summed E-state index contributed by atoms with van der Waals surface area (Å²) in [6.07, 6.45) is -4.43. The van der Waals surface area contributed by atoms with Gasteiger partial charge < -0.3 is 10.6 Å². The number of alkyl halides is 3. The number of nitrogens with one attached hydrogen (secondary N) is 2. The molecule has 0 bridgehead atoms. The van der Waals surface area contributed by atoms with E-state index >= 15 is 0 Å². The van der Waals surface area contributed by atoms with Crippen LogP contribution < -0.4 is 10.6 Å². The number of para-hydroxylation sites is 1. The summed E-state index contributed by atoms with van der Waals surface area (Å²) in [4.78, 5) is 12.0. The molecular weight excluding hydrogens is 329 g/mol. The summed E-state index contributed by atoms with van der Waals surface area (Å²) in [5, 5.41) is 5.53. The number of anilines is 2. The van der Waals surface area contributed by atoms with Crippen molar-refractivity contribution in [2.45, 2.75) is 33.4 Å². The van der Waals surface area contributed by atoms with Gasteiger partial charge in [0.25, 0.3) is 0 Å². The first-order chi connectivity index (χ1) is 11.7. The summed E-state index contributed by atoms with van der Waals surface area (Å²) in [7, 11) is 0. The maximum Gasteiger partial charge on any atom is 0.418 e. The zero-order valence-corrected chi connectivity index (χ0v) is 14.4. The molecule has 0 saturated heterocycles. The Labute approximate surface area is 145 Å². The minimum Gasteiger partial charge on any atom is -0.384 e. The third-order valence-corrected chi connectivity index (χ3v) is 3.84. The molecule has 0 aliphatic rings. The molecule has 2 N–H and O–H groups in total. The molecule has 0 fully saturated rings. The topological polar surface area (TPSA) is 41.1 Å². The van der Waals surface area contributed by atoms with Crippen molar-refractivity contribution in [2.75, 3.05) is 17.2 Å². The Balaban J connectivity index is 1.97. The number of halogens is 3. The lowest BCUT2D eigenvalue weighted by Gasteiger charge is -2.15. The molecular formula is C19H21F3N2O. The summed E-state index contributed by atoms with van der Waals surface area (Å²) in [5.41, 5.74) is 3.18. The number of hydrogen-bond donors (Lipinski definition) is 2. The van der Waals surface area contributed by atoms with Crippen LogP contribution in [0, 0.1) is 20.8 Å². The molecule has 0 radical (unpaired) electrons. The van der Waals surface area contributed by atoms with Crippen LogP contribution in [0.2, 0.25) is 0 Å². The molecule has 3 nitrogen and oxygen atoms in total. The van der Waals surface area contributed by atoms with Crippen LogP contribution in [0.3, 0.4) is 0 Å². The smallest absolute Gasteiger partial charge is 0.384 e. The van der Waals surface area contributed by atoms with Crippen molar-refractivity contribution in [3.05, 3.63) is 58.7 Å². The molecule has 0 atom stereocenters. The van der Waals surface area contributed by atoms with E-state index in [2.05, 4.69) is 10.6 Å². The fraction of sp³-hybridized carbons (Fsp3) is 0.316. The molecule has 1 amide bonds. The average Bonchev–Trinajstić information content (AvgIpc) is 2.49. The molecule has 0 unspecified atom stereocenters. The fourth-order valence-corrected chi connectivity index (χ4v) is 2.81. The largest absolute Gasteiger partial charge is 0.418 e. The number of hydrogen-bond acceptors (Lipinski definition) is 2. The fourth-order valence-electron chi connectivity index (χ4n) is 2.81. The molecule has 25 heavy (non-hydrogen) atoms. The summed E-state index contributed by atoms with van der Waals surface area (Å²) < 4.78 is 38.8. The van der Waals surface area contributed by atoms with Gasteiger partial charge in [-0.2, -0.15) is 13.2 Å². The quantitative estimate of drug-likeness (QED) is 0.790. The monoisotopic (exact) mass is 350 g/mol. The lowest BCUT2D eigenvalue weighted by Crippen LogP contribution is -2.19. The molecule has 0 saturated carbocycles. The van der Waals surface area contributed by atoms with E-state index in [-0.39, 0.29) is 12.1 Å². The lowest BCUT2D eigenvalue weighted by atomic mass is 10.1. The van der Waals surface area contributed by atoms with E-state index in [0.717, 1.165) is 28.4 Å². The summed E-state index contributed by atoms with van der Waals surface area (Å²) in [5.74, 6) is -0.466. The zero-order valence-electron chi connectivity index (χ0n) is 14.4. The predicted octanol–water partition coefficient (Wildman–Crippen LogP) is 5.07. The third kappa shape index (κ3) is 4.98. The molecule has 0 aliphatic heterocycles. The Bertz CT molecular complexity index is 746. The number of carbonyl (C=O) groups excluding carboxylic acids is 1. The Morgan fingerprint density at radius 1 is 1.04 bits per heavy atom. The van der Waals surface area contributed by atoms with Crippen LogP contribution in [0.1, 0.15) is 28.7 Å². The van der Waals surface area contributed by atoms with E-state index in [1.165, 1.54) is 18.2 Å². The van der Waals surface area contributed by atoms with Gasteiger partial charge in [0, 0.05) is 18.7 Å². The average molecular weight is 350 g/mol. The van der Waals surface area contributed by atoms with Crippen LogP contribution in [0.4, 0.5) is 24.5 Å². The first-order valence-electron chi connectivity index (χ1n) is 7.96. The van der Waals surface area contributed by atoms with Gasteiger partial charge in [-0.05, 0) is 44.0 Å².